The van der Waals surface area contributed by atoms with Gasteiger partial charge in [0.2, 0.25) is 5.91 Å². The van der Waals surface area contributed by atoms with Crippen LogP contribution in [0.2, 0.25) is 0 Å². The van der Waals surface area contributed by atoms with Crippen LogP contribution in [-0.2, 0) is 9.59 Å². The lowest BCUT2D eigenvalue weighted by Crippen LogP contribution is -1.78. The Bertz CT molecular complexity index is 108. The summed E-state index contributed by atoms with van der Waals surface area (Å²) in [6.07, 6.45) is 2.22. The van der Waals surface area contributed by atoms with E-state index in [1.165, 1.54) is 20.1 Å². The first kappa shape index (κ1) is 16.0. The first-order valence-electron chi connectivity index (χ1n) is 2.58. The largest absolute Gasteiger partial charge is 0.304 e. The highest BCUT2D eigenvalue weighted by Crippen LogP contribution is 1.63. The quantitative estimate of drug-likeness (QED) is 0.382. The summed E-state index contributed by atoms with van der Waals surface area (Å²) in [5.74, 6) is -0.141. The molecule has 3 nitrogen and oxygen atoms in total. The molecule has 0 radical (unpaired) electrons. The number of hydrogen-bond donors (Lipinski definition) is 0. The molecule has 0 aromatic rings. The standard InChI is InChI=1S/C4H7NO.C2H4O.CH4/c1-3-5-4(2)6;1-2-3;/h3H,1-2H3;2H,1H3;1H4. The van der Waals surface area contributed by atoms with E-state index in [0.29, 0.717) is 0 Å². The van der Waals surface area contributed by atoms with E-state index in [2.05, 4.69) is 4.99 Å². The van der Waals surface area contributed by atoms with Gasteiger partial charge in [-0.05, 0) is 13.8 Å². The number of amides is 1. The first-order valence-corrected chi connectivity index (χ1v) is 2.58. The molecule has 1 amide bonds. The second-order valence-electron chi connectivity index (χ2n) is 1.14. The van der Waals surface area contributed by atoms with E-state index in [0.717, 1.165) is 6.29 Å². The molecule has 0 saturated carbocycles. The Hall–Kier alpha value is -0.990. The normalized spacial score (nSPS) is 7.10. The fourth-order valence-corrected chi connectivity index (χ4v) is 0.182. The smallest absolute Gasteiger partial charge is 0.242 e. The minimum Gasteiger partial charge on any atom is -0.304 e. The number of carbonyl (C=O) groups is 2. The molecule has 0 atom stereocenters. The predicted octanol–water partition coefficient (Wildman–Crippen LogP) is 1.46. The molecule has 10 heavy (non-hydrogen) atoms. The lowest BCUT2D eigenvalue weighted by atomic mass is 10.7. The van der Waals surface area contributed by atoms with Gasteiger partial charge < -0.3 is 4.79 Å². The SMILES string of the molecule is C.CC=NC(C)=O.CC=O. The Morgan fingerprint density at radius 2 is 1.70 bits per heavy atom. The molecule has 0 aliphatic carbocycles. The Morgan fingerprint density at radius 3 is 1.70 bits per heavy atom. The lowest BCUT2D eigenvalue weighted by molar-refractivity contribution is -0.115. The van der Waals surface area contributed by atoms with Crippen LogP contribution in [0.1, 0.15) is 28.2 Å². The van der Waals surface area contributed by atoms with Crippen molar-refractivity contribution in [2.45, 2.75) is 28.2 Å². The third-order valence-electron chi connectivity index (χ3n) is 0.311. The summed E-state index contributed by atoms with van der Waals surface area (Å²) < 4.78 is 0. The number of hydrogen-bond acceptors (Lipinski definition) is 2. The molecule has 0 aliphatic heterocycles. The van der Waals surface area contributed by atoms with Gasteiger partial charge in [0, 0.05) is 13.1 Å². The Labute approximate surface area is 62.2 Å². The molecule has 3 heteroatoms. The van der Waals surface area contributed by atoms with E-state index in [4.69, 9.17) is 4.79 Å². The first-order chi connectivity index (χ1) is 4.18. The highest BCUT2D eigenvalue weighted by Gasteiger charge is 1.73. The van der Waals surface area contributed by atoms with Gasteiger partial charge in [-0.25, -0.2) is 4.99 Å². The molecular weight excluding hydrogens is 130 g/mol. The van der Waals surface area contributed by atoms with Crippen molar-refractivity contribution in [1.82, 2.24) is 0 Å². The maximum atomic E-state index is 9.85. The van der Waals surface area contributed by atoms with Gasteiger partial charge in [-0.2, -0.15) is 0 Å². The molecule has 0 spiro atoms. The molecule has 0 N–H and O–H groups in total. The van der Waals surface area contributed by atoms with Gasteiger partial charge in [0.25, 0.3) is 0 Å². The number of aliphatic imine (C=N–C) groups is 1. The van der Waals surface area contributed by atoms with Crippen molar-refractivity contribution >= 4 is 18.4 Å². The van der Waals surface area contributed by atoms with Crippen LogP contribution in [0.4, 0.5) is 0 Å². The summed E-state index contributed by atoms with van der Waals surface area (Å²) in [6.45, 7) is 4.57. The van der Waals surface area contributed by atoms with Crippen LogP contribution in [0.3, 0.4) is 0 Å². The number of aldehydes is 1. The lowest BCUT2D eigenvalue weighted by Gasteiger charge is -1.69. The summed E-state index contributed by atoms with van der Waals surface area (Å²) in [6, 6.07) is 0. The Morgan fingerprint density at radius 1 is 1.40 bits per heavy atom. The molecule has 0 rings (SSSR count). The molecule has 0 aromatic heterocycles. The average Bonchev–Trinajstić information content (AvgIpc) is 1.67. The molecule has 0 heterocycles. The maximum absolute atomic E-state index is 9.85. The molecule has 60 valence electrons. The van der Waals surface area contributed by atoms with Gasteiger partial charge in [-0.15, -0.1) is 0 Å². The zero-order valence-electron chi connectivity index (χ0n) is 5.92. The van der Waals surface area contributed by atoms with E-state index < -0.39 is 0 Å². The van der Waals surface area contributed by atoms with Gasteiger partial charge in [0.05, 0.1) is 0 Å². The zero-order chi connectivity index (χ0) is 7.70. The fourth-order valence-electron chi connectivity index (χ4n) is 0.182. The summed E-state index contributed by atoms with van der Waals surface area (Å²) in [4.78, 5) is 22.0. The number of carbonyl (C=O) groups excluding carboxylic acids is 2. The van der Waals surface area contributed by atoms with Gasteiger partial charge >= 0.3 is 0 Å². The van der Waals surface area contributed by atoms with Crippen LogP contribution in [0.25, 0.3) is 0 Å². The second-order valence-corrected chi connectivity index (χ2v) is 1.14. The number of rotatable bonds is 0. The van der Waals surface area contributed by atoms with E-state index in [-0.39, 0.29) is 13.3 Å². The summed E-state index contributed by atoms with van der Waals surface area (Å²) in [7, 11) is 0. The van der Waals surface area contributed by atoms with Crippen LogP contribution < -0.4 is 0 Å². The topological polar surface area (TPSA) is 46.5 Å². The van der Waals surface area contributed by atoms with Crippen molar-refractivity contribution in [2.24, 2.45) is 4.99 Å². The van der Waals surface area contributed by atoms with Crippen LogP contribution in [-0.4, -0.2) is 18.4 Å². The maximum Gasteiger partial charge on any atom is 0.242 e. The molecule has 0 aliphatic rings. The Balaban J connectivity index is -0.000000107. The monoisotopic (exact) mass is 145 g/mol. The summed E-state index contributed by atoms with van der Waals surface area (Å²) >= 11 is 0. The average molecular weight is 145 g/mol. The van der Waals surface area contributed by atoms with Crippen molar-refractivity contribution in [3.8, 4) is 0 Å². The molecule has 0 fully saturated rings. The minimum absolute atomic E-state index is 0. The predicted molar refractivity (Wildman–Crippen MR) is 43.3 cm³/mol. The molecule has 0 aromatic carbocycles. The van der Waals surface area contributed by atoms with Crippen LogP contribution in [0, 0.1) is 0 Å². The summed E-state index contributed by atoms with van der Waals surface area (Å²) in [5, 5.41) is 0. The van der Waals surface area contributed by atoms with E-state index >= 15 is 0 Å². The third kappa shape index (κ3) is 62.7. The van der Waals surface area contributed by atoms with Crippen LogP contribution in [0.5, 0.6) is 0 Å². The van der Waals surface area contributed by atoms with Crippen molar-refractivity contribution in [3.63, 3.8) is 0 Å². The van der Waals surface area contributed by atoms with Gasteiger partial charge in [-0.1, -0.05) is 7.43 Å². The molecular formula is C7H15NO2. The fraction of sp³-hybridized carbons (Fsp3) is 0.571. The van der Waals surface area contributed by atoms with Crippen molar-refractivity contribution < 1.29 is 9.59 Å². The second kappa shape index (κ2) is 15.7. The highest BCUT2D eigenvalue weighted by atomic mass is 16.1. The van der Waals surface area contributed by atoms with Crippen molar-refractivity contribution in [1.29, 1.82) is 0 Å². The van der Waals surface area contributed by atoms with Crippen molar-refractivity contribution in [3.05, 3.63) is 0 Å². The minimum atomic E-state index is -0.141. The molecule has 0 bridgehead atoms. The van der Waals surface area contributed by atoms with Crippen LogP contribution in [0.15, 0.2) is 4.99 Å². The van der Waals surface area contributed by atoms with Gasteiger partial charge in [-0.3, -0.25) is 4.79 Å². The highest BCUT2D eigenvalue weighted by molar-refractivity contribution is 5.81. The van der Waals surface area contributed by atoms with Crippen molar-refractivity contribution in [2.75, 3.05) is 0 Å². The number of nitrogens with zero attached hydrogens (tertiary/aromatic N) is 1. The summed E-state index contributed by atoms with van der Waals surface area (Å²) in [5.41, 5.74) is 0. The molecule has 0 unspecified atom stereocenters. The van der Waals surface area contributed by atoms with Gasteiger partial charge in [0.15, 0.2) is 0 Å². The van der Waals surface area contributed by atoms with Gasteiger partial charge in [0.1, 0.15) is 6.29 Å². The molecule has 0 saturated heterocycles. The van der Waals surface area contributed by atoms with Crippen LogP contribution >= 0.6 is 0 Å². The van der Waals surface area contributed by atoms with E-state index in [1.807, 2.05) is 0 Å². The third-order valence-corrected chi connectivity index (χ3v) is 0.311. The Kier molecular flexibility index (Phi) is 25.1. The van der Waals surface area contributed by atoms with E-state index in [9.17, 15) is 4.79 Å². The van der Waals surface area contributed by atoms with E-state index in [1.54, 1.807) is 6.92 Å². The zero-order valence-corrected chi connectivity index (χ0v) is 5.92.